The maximum atomic E-state index is 5.05. The van der Waals surface area contributed by atoms with Crippen LogP contribution in [0.1, 0.15) is 31.4 Å². The van der Waals surface area contributed by atoms with E-state index in [1.54, 1.807) is 7.11 Å². The minimum atomic E-state index is 0.822. The number of ether oxygens (including phenoxy) is 1. The minimum Gasteiger partial charge on any atom is -0.385 e. The van der Waals surface area contributed by atoms with Crippen LogP contribution in [-0.4, -0.2) is 20.3 Å². The van der Waals surface area contributed by atoms with Crippen LogP contribution < -0.4 is 5.32 Å². The molecule has 16 heavy (non-hydrogen) atoms. The van der Waals surface area contributed by atoms with Gasteiger partial charge in [0.15, 0.2) is 0 Å². The van der Waals surface area contributed by atoms with Crippen LogP contribution in [0, 0.1) is 0 Å². The number of hydrogen-bond acceptors (Lipinski definition) is 2. The predicted octanol–water partition coefficient (Wildman–Crippen LogP) is 3.26. The minimum absolute atomic E-state index is 0.822. The Morgan fingerprint density at radius 3 is 2.25 bits per heavy atom. The zero-order chi connectivity index (χ0) is 11.8. The predicted molar refractivity (Wildman–Crippen MR) is 70.2 cm³/mol. The van der Waals surface area contributed by atoms with Gasteiger partial charge in [0.2, 0.25) is 0 Å². The topological polar surface area (TPSA) is 21.3 Å². The number of para-hydroxylation sites is 1. The molecule has 0 unspecified atom stereocenters. The van der Waals surface area contributed by atoms with Gasteiger partial charge in [0.25, 0.3) is 0 Å². The van der Waals surface area contributed by atoms with Gasteiger partial charge in [-0.1, -0.05) is 32.0 Å². The van der Waals surface area contributed by atoms with E-state index in [0.29, 0.717) is 0 Å². The zero-order valence-electron chi connectivity index (χ0n) is 10.7. The second-order valence-corrected chi connectivity index (χ2v) is 3.93. The summed E-state index contributed by atoms with van der Waals surface area (Å²) < 4.78 is 5.05. The van der Waals surface area contributed by atoms with Gasteiger partial charge < -0.3 is 10.1 Å². The third-order valence-corrected chi connectivity index (χ3v) is 2.83. The first-order chi connectivity index (χ1) is 7.83. The Bertz CT molecular complexity index is 287. The molecule has 2 heteroatoms. The van der Waals surface area contributed by atoms with Crippen molar-refractivity contribution in [2.24, 2.45) is 0 Å². The Balaban J connectivity index is 2.67. The third-order valence-electron chi connectivity index (χ3n) is 2.83. The molecule has 0 saturated heterocycles. The molecule has 0 atom stereocenters. The van der Waals surface area contributed by atoms with Crippen molar-refractivity contribution in [3.8, 4) is 0 Å². The van der Waals surface area contributed by atoms with Crippen LogP contribution >= 0.6 is 0 Å². The van der Waals surface area contributed by atoms with Gasteiger partial charge in [-0.05, 0) is 30.4 Å². The van der Waals surface area contributed by atoms with Crippen molar-refractivity contribution in [2.75, 3.05) is 25.6 Å². The van der Waals surface area contributed by atoms with Gasteiger partial charge in [0, 0.05) is 25.9 Å². The molecule has 0 spiro atoms. The van der Waals surface area contributed by atoms with E-state index in [2.05, 4.69) is 37.4 Å². The molecule has 0 heterocycles. The normalized spacial score (nSPS) is 10.4. The average Bonchev–Trinajstić information content (AvgIpc) is 2.34. The Kier molecular flexibility index (Phi) is 5.94. The largest absolute Gasteiger partial charge is 0.385 e. The van der Waals surface area contributed by atoms with Crippen LogP contribution in [0.4, 0.5) is 5.69 Å². The second kappa shape index (κ2) is 7.29. The number of rotatable bonds is 7. The van der Waals surface area contributed by atoms with Crippen LogP contribution in [0.5, 0.6) is 0 Å². The molecular weight excluding hydrogens is 198 g/mol. The van der Waals surface area contributed by atoms with E-state index in [-0.39, 0.29) is 0 Å². The highest BCUT2D eigenvalue weighted by atomic mass is 16.5. The fraction of sp³-hybridized carbons (Fsp3) is 0.571. The summed E-state index contributed by atoms with van der Waals surface area (Å²) in [6, 6.07) is 6.56. The first-order valence-corrected chi connectivity index (χ1v) is 6.17. The molecule has 2 nitrogen and oxygen atoms in total. The van der Waals surface area contributed by atoms with Crippen molar-refractivity contribution in [3.63, 3.8) is 0 Å². The smallest absolute Gasteiger partial charge is 0.0479 e. The Morgan fingerprint density at radius 1 is 1.12 bits per heavy atom. The molecule has 1 N–H and O–H groups in total. The van der Waals surface area contributed by atoms with Gasteiger partial charge in [0.05, 0.1) is 0 Å². The molecule has 0 aromatic heterocycles. The molecule has 0 aliphatic heterocycles. The summed E-state index contributed by atoms with van der Waals surface area (Å²) >= 11 is 0. The van der Waals surface area contributed by atoms with Crippen LogP contribution in [0.2, 0.25) is 0 Å². The highest BCUT2D eigenvalue weighted by molar-refractivity contribution is 5.57. The van der Waals surface area contributed by atoms with E-state index in [0.717, 1.165) is 32.4 Å². The van der Waals surface area contributed by atoms with Crippen molar-refractivity contribution in [2.45, 2.75) is 33.1 Å². The lowest BCUT2D eigenvalue weighted by Gasteiger charge is -2.15. The van der Waals surface area contributed by atoms with Crippen LogP contribution in [0.15, 0.2) is 18.2 Å². The summed E-state index contributed by atoms with van der Waals surface area (Å²) in [7, 11) is 1.75. The molecular formula is C14H23NO. The third kappa shape index (κ3) is 3.53. The van der Waals surface area contributed by atoms with Gasteiger partial charge in [-0.3, -0.25) is 0 Å². The zero-order valence-corrected chi connectivity index (χ0v) is 10.7. The van der Waals surface area contributed by atoms with Gasteiger partial charge >= 0.3 is 0 Å². The van der Waals surface area contributed by atoms with Crippen molar-refractivity contribution >= 4 is 5.69 Å². The number of aryl methyl sites for hydroxylation is 2. The number of anilines is 1. The number of nitrogens with one attached hydrogen (secondary N) is 1. The first-order valence-electron chi connectivity index (χ1n) is 6.17. The number of benzene rings is 1. The number of hydrogen-bond donors (Lipinski definition) is 1. The van der Waals surface area contributed by atoms with E-state index < -0.39 is 0 Å². The number of methoxy groups -OCH3 is 1. The van der Waals surface area contributed by atoms with Crippen molar-refractivity contribution in [1.82, 2.24) is 0 Å². The van der Waals surface area contributed by atoms with Crippen LogP contribution in [-0.2, 0) is 17.6 Å². The molecule has 0 radical (unpaired) electrons. The van der Waals surface area contributed by atoms with Crippen molar-refractivity contribution < 1.29 is 4.74 Å². The van der Waals surface area contributed by atoms with Gasteiger partial charge in [-0.15, -0.1) is 0 Å². The highest BCUT2D eigenvalue weighted by Gasteiger charge is 2.04. The summed E-state index contributed by atoms with van der Waals surface area (Å²) in [5.41, 5.74) is 4.16. The Labute approximate surface area is 99.0 Å². The van der Waals surface area contributed by atoms with Gasteiger partial charge in [-0.2, -0.15) is 0 Å². The van der Waals surface area contributed by atoms with Crippen LogP contribution in [0.3, 0.4) is 0 Å². The molecule has 0 amide bonds. The summed E-state index contributed by atoms with van der Waals surface area (Å²) in [5.74, 6) is 0. The SMILES string of the molecule is CCc1cccc(CC)c1NCCCOC. The van der Waals surface area contributed by atoms with E-state index in [1.165, 1.54) is 16.8 Å². The van der Waals surface area contributed by atoms with E-state index in [9.17, 15) is 0 Å². The maximum absolute atomic E-state index is 5.05. The molecule has 0 aliphatic rings. The Morgan fingerprint density at radius 2 is 1.75 bits per heavy atom. The van der Waals surface area contributed by atoms with Crippen molar-refractivity contribution in [1.29, 1.82) is 0 Å². The molecule has 1 aromatic rings. The highest BCUT2D eigenvalue weighted by Crippen LogP contribution is 2.22. The summed E-state index contributed by atoms with van der Waals surface area (Å²) in [5, 5.41) is 3.54. The van der Waals surface area contributed by atoms with E-state index in [1.807, 2.05) is 0 Å². The maximum Gasteiger partial charge on any atom is 0.0479 e. The molecule has 0 bridgehead atoms. The Hall–Kier alpha value is -1.02. The summed E-state index contributed by atoms with van der Waals surface area (Å²) in [4.78, 5) is 0. The van der Waals surface area contributed by atoms with E-state index in [4.69, 9.17) is 4.74 Å². The van der Waals surface area contributed by atoms with E-state index >= 15 is 0 Å². The van der Waals surface area contributed by atoms with Gasteiger partial charge in [-0.25, -0.2) is 0 Å². The fourth-order valence-electron chi connectivity index (χ4n) is 1.90. The summed E-state index contributed by atoms with van der Waals surface area (Å²) in [6.45, 7) is 6.21. The average molecular weight is 221 g/mol. The standard InChI is InChI=1S/C14H23NO/c1-4-12-8-6-9-13(5-2)14(12)15-10-7-11-16-3/h6,8-9,15H,4-5,7,10-11H2,1-3H3. The van der Waals surface area contributed by atoms with Crippen LogP contribution in [0.25, 0.3) is 0 Å². The molecule has 0 fully saturated rings. The van der Waals surface area contributed by atoms with Crippen molar-refractivity contribution in [3.05, 3.63) is 29.3 Å². The lowest BCUT2D eigenvalue weighted by atomic mass is 10.0. The first kappa shape index (κ1) is 13.0. The molecule has 1 rings (SSSR count). The molecule has 90 valence electrons. The lowest BCUT2D eigenvalue weighted by molar-refractivity contribution is 0.198. The summed E-state index contributed by atoms with van der Waals surface area (Å²) in [6.07, 6.45) is 3.22. The monoisotopic (exact) mass is 221 g/mol. The second-order valence-electron chi connectivity index (χ2n) is 3.93. The molecule has 1 aromatic carbocycles. The van der Waals surface area contributed by atoms with Gasteiger partial charge in [0.1, 0.15) is 0 Å². The molecule has 0 aliphatic carbocycles. The lowest BCUT2D eigenvalue weighted by Crippen LogP contribution is -2.08. The molecule has 0 saturated carbocycles. The fourth-order valence-corrected chi connectivity index (χ4v) is 1.90. The quantitative estimate of drug-likeness (QED) is 0.714.